The molecule has 122 valence electrons. The molecule has 6 nitrogen and oxygen atoms in total. The molecule has 0 amide bonds. The molecule has 0 spiro atoms. The van der Waals surface area contributed by atoms with E-state index in [0.717, 1.165) is 53.4 Å². The molecule has 0 saturated carbocycles. The Hall–Kier alpha value is -1.59. The van der Waals surface area contributed by atoms with Crippen molar-refractivity contribution in [3.8, 4) is 0 Å². The molecular weight excluding hydrogens is 276 g/mol. The summed E-state index contributed by atoms with van der Waals surface area (Å²) >= 11 is 0. The second-order valence-corrected chi connectivity index (χ2v) is 4.90. The smallest absolute Gasteiger partial charge is 0.334 e. The molecule has 0 radical (unpaired) electrons. The summed E-state index contributed by atoms with van der Waals surface area (Å²) < 4.78 is 13.8. The van der Waals surface area contributed by atoms with E-state index in [2.05, 4.69) is 21.1 Å². The Balaban J connectivity index is 4.90. The van der Waals surface area contributed by atoms with Crippen LogP contribution >= 0.6 is 0 Å². The van der Waals surface area contributed by atoms with Crippen LogP contribution in [-0.2, 0) is 28.6 Å². The Morgan fingerprint density at radius 1 is 0.714 bits per heavy atom. The monoisotopic (exact) mass is 302 g/mol. The molecule has 0 N–H and O–H groups in total. The number of hydrogen-bond donors (Lipinski definition) is 0. The Morgan fingerprint density at radius 3 is 1.48 bits per heavy atom. The minimum Gasteiger partial charge on any atom is -0.468 e. The first-order valence-electron chi connectivity index (χ1n) is 7.26. The second kappa shape index (κ2) is 10.2. The molecule has 0 aliphatic carbocycles. The van der Waals surface area contributed by atoms with E-state index >= 15 is 0 Å². The molecule has 0 aromatic rings. The quantitative estimate of drug-likeness (QED) is 0.266. The van der Waals surface area contributed by atoms with Crippen molar-refractivity contribution in [2.75, 3.05) is 21.3 Å². The van der Waals surface area contributed by atoms with Gasteiger partial charge in [-0.15, -0.1) is 0 Å². The largest absolute Gasteiger partial charge is 0.468 e. The number of rotatable bonds is 10. The Bertz CT molecular complexity index is 309. The lowest BCUT2D eigenvalue weighted by atomic mass is 9.82. The fraction of sp³-hybridized carbons (Fsp3) is 0.800. The molecule has 0 atom stereocenters. The van der Waals surface area contributed by atoms with Crippen molar-refractivity contribution in [2.45, 2.75) is 51.9 Å². The topological polar surface area (TPSA) is 78.9 Å². The summed E-state index contributed by atoms with van der Waals surface area (Å²) in [6.45, 7) is 2.12. The van der Waals surface area contributed by atoms with Crippen LogP contribution in [0.3, 0.4) is 0 Å². The molecular formula is C15H26O6. The van der Waals surface area contributed by atoms with Crippen molar-refractivity contribution in [2.24, 2.45) is 5.41 Å². The number of ether oxygens (including phenoxy) is 3. The lowest BCUT2D eigenvalue weighted by Gasteiger charge is -2.25. The van der Waals surface area contributed by atoms with Crippen molar-refractivity contribution in [1.29, 1.82) is 0 Å². The molecule has 0 bridgehead atoms. The van der Waals surface area contributed by atoms with Crippen molar-refractivity contribution in [3.05, 3.63) is 0 Å². The van der Waals surface area contributed by atoms with Crippen LogP contribution in [0, 0.1) is 5.41 Å². The van der Waals surface area contributed by atoms with Crippen LogP contribution in [0.15, 0.2) is 0 Å². The van der Waals surface area contributed by atoms with Crippen LogP contribution in [0.4, 0.5) is 0 Å². The molecule has 0 rings (SSSR count). The highest BCUT2D eigenvalue weighted by atomic mass is 16.6. The summed E-state index contributed by atoms with van der Waals surface area (Å²) in [7, 11) is 3.39. The number of unbranched alkanes of at least 4 members (excludes halogenated alkanes) is 5. The van der Waals surface area contributed by atoms with Gasteiger partial charge in [-0.2, -0.15) is 0 Å². The van der Waals surface area contributed by atoms with Gasteiger partial charge in [-0.3, -0.25) is 14.4 Å². The Labute approximate surface area is 126 Å². The summed E-state index contributed by atoms with van der Waals surface area (Å²) in [6, 6.07) is 0. The van der Waals surface area contributed by atoms with Gasteiger partial charge in [0.15, 0.2) is 0 Å². The van der Waals surface area contributed by atoms with Crippen LogP contribution in [-0.4, -0.2) is 39.2 Å². The van der Waals surface area contributed by atoms with Gasteiger partial charge in [-0.1, -0.05) is 45.4 Å². The predicted octanol–water partition coefficient (Wildman–Crippen LogP) is 2.24. The lowest BCUT2D eigenvalue weighted by molar-refractivity contribution is -0.181. The minimum absolute atomic E-state index is 0.0329. The molecule has 0 saturated heterocycles. The Morgan fingerprint density at radius 2 is 1.10 bits per heavy atom. The molecule has 0 fully saturated rings. The van der Waals surface area contributed by atoms with E-state index in [1.807, 2.05) is 0 Å². The summed E-state index contributed by atoms with van der Waals surface area (Å²) in [5.41, 5.74) is -2.01. The number of methoxy groups -OCH3 is 3. The normalized spacial score (nSPS) is 10.9. The zero-order chi connectivity index (χ0) is 16.3. The fourth-order valence-corrected chi connectivity index (χ4v) is 2.25. The van der Waals surface area contributed by atoms with E-state index in [4.69, 9.17) is 0 Å². The molecule has 0 aliphatic heterocycles. The maximum atomic E-state index is 12.0. The lowest BCUT2D eigenvalue weighted by Crippen LogP contribution is -2.48. The number of esters is 3. The third-order valence-electron chi connectivity index (χ3n) is 3.51. The standard InChI is InChI=1S/C15H26O6/c1-5-6-7-8-9-10-11-15(12(16)19-2,13(17)20-3)14(18)21-4/h5-11H2,1-4H3. The zero-order valence-corrected chi connectivity index (χ0v) is 13.4. The highest BCUT2D eigenvalue weighted by Gasteiger charge is 2.56. The molecule has 0 unspecified atom stereocenters. The van der Waals surface area contributed by atoms with Crippen LogP contribution in [0.5, 0.6) is 0 Å². The minimum atomic E-state index is -2.01. The van der Waals surface area contributed by atoms with Gasteiger partial charge < -0.3 is 14.2 Å². The third kappa shape index (κ3) is 5.02. The fourth-order valence-electron chi connectivity index (χ4n) is 2.25. The average molecular weight is 302 g/mol. The van der Waals surface area contributed by atoms with Gasteiger partial charge in [-0.05, 0) is 6.42 Å². The maximum Gasteiger partial charge on any atom is 0.334 e. The highest BCUT2D eigenvalue weighted by Crippen LogP contribution is 2.30. The molecule has 0 aromatic heterocycles. The van der Waals surface area contributed by atoms with E-state index in [1.54, 1.807) is 0 Å². The second-order valence-electron chi connectivity index (χ2n) is 4.90. The van der Waals surface area contributed by atoms with Crippen LogP contribution in [0.1, 0.15) is 51.9 Å². The zero-order valence-electron chi connectivity index (χ0n) is 13.4. The van der Waals surface area contributed by atoms with Gasteiger partial charge in [-0.25, -0.2) is 0 Å². The molecule has 0 heterocycles. The summed E-state index contributed by atoms with van der Waals surface area (Å²) in [6.07, 6.45) is 5.78. The summed E-state index contributed by atoms with van der Waals surface area (Å²) in [5.74, 6) is -2.81. The first-order valence-corrected chi connectivity index (χ1v) is 7.26. The van der Waals surface area contributed by atoms with Crippen molar-refractivity contribution in [3.63, 3.8) is 0 Å². The van der Waals surface area contributed by atoms with Crippen molar-refractivity contribution < 1.29 is 28.6 Å². The molecule has 6 heteroatoms. The van der Waals surface area contributed by atoms with E-state index in [0.29, 0.717) is 6.42 Å². The van der Waals surface area contributed by atoms with Gasteiger partial charge in [0.25, 0.3) is 5.41 Å². The van der Waals surface area contributed by atoms with Crippen LogP contribution < -0.4 is 0 Å². The summed E-state index contributed by atoms with van der Waals surface area (Å²) in [4.78, 5) is 35.9. The molecule has 0 aliphatic rings. The highest BCUT2D eigenvalue weighted by molar-refractivity contribution is 6.17. The Kier molecular flexibility index (Phi) is 9.41. The van der Waals surface area contributed by atoms with E-state index in [-0.39, 0.29) is 6.42 Å². The average Bonchev–Trinajstić information content (AvgIpc) is 2.52. The summed E-state index contributed by atoms with van der Waals surface area (Å²) in [5, 5.41) is 0. The maximum absolute atomic E-state index is 12.0. The van der Waals surface area contributed by atoms with E-state index in [9.17, 15) is 14.4 Å². The van der Waals surface area contributed by atoms with Gasteiger partial charge in [0.1, 0.15) is 0 Å². The number of hydrogen-bond acceptors (Lipinski definition) is 6. The predicted molar refractivity (Wildman–Crippen MR) is 76.5 cm³/mol. The first kappa shape index (κ1) is 19.4. The van der Waals surface area contributed by atoms with Gasteiger partial charge >= 0.3 is 17.9 Å². The molecule has 0 aromatic carbocycles. The van der Waals surface area contributed by atoms with E-state index < -0.39 is 23.3 Å². The van der Waals surface area contributed by atoms with Crippen molar-refractivity contribution in [1.82, 2.24) is 0 Å². The van der Waals surface area contributed by atoms with Crippen LogP contribution in [0.2, 0.25) is 0 Å². The van der Waals surface area contributed by atoms with Crippen LogP contribution in [0.25, 0.3) is 0 Å². The van der Waals surface area contributed by atoms with Gasteiger partial charge in [0.2, 0.25) is 0 Å². The first-order chi connectivity index (χ1) is 10.0. The van der Waals surface area contributed by atoms with E-state index in [1.165, 1.54) is 0 Å². The number of carbonyl (C=O) groups is 3. The van der Waals surface area contributed by atoms with Gasteiger partial charge in [0.05, 0.1) is 21.3 Å². The SMILES string of the molecule is CCCCCCCCC(C(=O)OC)(C(=O)OC)C(=O)OC. The van der Waals surface area contributed by atoms with Crippen molar-refractivity contribution >= 4 is 17.9 Å². The number of carbonyl (C=O) groups excluding carboxylic acids is 3. The molecule has 21 heavy (non-hydrogen) atoms. The van der Waals surface area contributed by atoms with Gasteiger partial charge in [0, 0.05) is 0 Å². The third-order valence-corrected chi connectivity index (χ3v) is 3.51.